The summed E-state index contributed by atoms with van der Waals surface area (Å²) in [6, 6.07) is 9.21. The number of aromatic nitrogens is 4. The van der Waals surface area contributed by atoms with Crippen LogP contribution in [0.15, 0.2) is 30.3 Å². The number of fused-ring (bicyclic) bond motifs is 2. The van der Waals surface area contributed by atoms with Crippen molar-refractivity contribution in [3.63, 3.8) is 0 Å². The number of piperazine rings is 1. The Morgan fingerprint density at radius 3 is 2.75 bits per heavy atom. The normalized spacial score (nSPS) is 16.4. The number of aromatic amines is 2. The Hall–Kier alpha value is -2.48. The molecule has 0 aliphatic carbocycles. The van der Waals surface area contributed by atoms with Crippen LogP contribution in [0.3, 0.4) is 0 Å². The third kappa shape index (κ3) is 3.15. The average Bonchev–Trinajstić information content (AvgIpc) is 3.27. The van der Waals surface area contributed by atoms with Gasteiger partial charge in [-0.25, -0.2) is 9.37 Å². The molecule has 1 aliphatic heterocycles. The predicted octanol–water partition coefficient (Wildman–Crippen LogP) is 3.65. The van der Waals surface area contributed by atoms with Crippen LogP contribution in [0.1, 0.15) is 5.56 Å². The molecule has 0 amide bonds. The maximum absolute atomic E-state index is 13.9. The molecule has 3 heterocycles. The van der Waals surface area contributed by atoms with Crippen LogP contribution in [0.2, 0.25) is 5.02 Å². The SMILES string of the molecule is CN1CCN(Cc2ccc3nc(-c4n[nH]c5cc(Cl)c(F)cc45)[nH]c3c2)CC1. The molecule has 0 radical (unpaired) electrons. The van der Waals surface area contributed by atoms with Gasteiger partial charge in [-0.15, -0.1) is 0 Å². The molecule has 0 bridgehead atoms. The monoisotopic (exact) mass is 398 g/mol. The average molecular weight is 399 g/mol. The number of halogens is 2. The van der Waals surface area contributed by atoms with Crippen LogP contribution in [-0.2, 0) is 6.54 Å². The first-order valence-electron chi connectivity index (χ1n) is 9.30. The predicted molar refractivity (Wildman–Crippen MR) is 109 cm³/mol. The van der Waals surface area contributed by atoms with Gasteiger partial charge in [-0.1, -0.05) is 17.7 Å². The molecule has 1 fully saturated rings. The molecule has 2 aromatic carbocycles. The first kappa shape index (κ1) is 17.6. The van der Waals surface area contributed by atoms with Gasteiger partial charge in [0.15, 0.2) is 5.82 Å². The van der Waals surface area contributed by atoms with Crippen LogP contribution < -0.4 is 0 Å². The van der Waals surface area contributed by atoms with Crippen molar-refractivity contribution in [2.24, 2.45) is 0 Å². The Balaban J connectivity index is 1.46. The zero-order valence-electron chi connectivity index (χ0n) is 15.5. The lowest BCUT2D eigenvalue weighted by molar-refractivity contribution is 0.148. The molecule has 28 heavy (non-hydrogen) atoms. The smallest absolute Gasteiger partial charge is 0.159 e. The van der Waals surface area contributed by atoms with Crippen LogP contribution in [0.25, 0.3) is 33.5 Å². The number of nitrogens with one attached hydrogen (secondary N) is 2. The lowest BCUT2D eigenvalue weighted by Gasteiger charge is -2.32. The highest BCUT2D eigenvalue weighted by Gasteiger charge is 2.17. The van der Waals surface area contributed by atoms with Gasteiger partial charge in [0, 0.05) is 38.1 Å². The second kappa shape index (κ2) is 6.84. The largest absolute Gasteiger partial charge is 0.337 e. The van der Waals surface area contributed by atoms with Crippen molar-refractivity contribution >= 4 is 33.5 Å². The van der Waals surface area contributed by atoms with Crippen LogP contribution in [0.5, 0.6) is 0 Å². The number of benzene rings is 2. The molecule has 2 N–H and O–H groups in total. The molecule has 4 aromatic rings. The summed E-state index contributed by atoms with van der Waals surface area (Å²) in [5.74, 6) is 0.141. The van der Waals surface area contributed by atoms with E-state index in [0.29, 0.717) is 22.4 Å². The number of rotatable bonds is 3. The van der Waals surface area contributed by atoms with Gasteiger partial charge in [0.25, 0.3) is 0 Å². The molecule has 0 atom stereocenters. The van der Waals surface area contributed by atoms with E-state index in [0.717, 1.165) is 43.8 Å². The third-order valence-corrected chi connectivity index (χ3v) is 5.67. The van der Waals surface area contributed by atoms with Crippen molar-refractivity contribution < 1.29 is 4.39 Å². The highest BCUT2D eigenvalue weighted by Crippen LogP contribution is 2.29. The third-order valence-electron chi connectivity index (χ3n) is 5.38. The summed E-state index contributed by atoms with van der Waals surface area (Å²) in [6.07, 6.45) is 0. The molecule has 5 rings (SSSR count). The molecule has 6 nitrogen and oxygen atoms in total. The minimum atomic E-state index is -0.470. The van der Waals surface area contributed by atoms with E-state index in [1.807, 2.05) is 6.07 Å². The molecule has 1 saturated heterocycles. The highest BCUT2D eigenvalue weighted by atomic mass is 35.5. The van der Waals surface area contributed by atoms with Gasteiger partial charge < -0.3 is 9.88 Å². The standard InChI is InChI=1S/C20H20ClFN6/c1-27-4-6-28(7-5-27)11-12-2-3-16-18(8-12)24-20(23-16)19-13-9-15(22)14(21)10-17(13)25-26-19/h2-3,8-10H,4-7,11H2,1H3,(H,23,24)(H,25,26). The Morgan fingerprint density at radius 1 is 1.11 bits per heavy atom. The summed E-state index contributed by atoms with van der Waals surface area (Å²) in [6.45, 7) is 5.28. The van der Waals surface area contributed by atoms with Crippen molar-refractivity contribution in [3.05, 3.63) is 46.7 Å². The zero-order valence-corrected chi connectivity index (χ0v) is 16.2. The van der Waals surface area contributed by atoms with E-state index in [1.165, 1.54) is 11.6 Å². The number of imidazole rings is 1. The fraction of sp³-hybridized carbons (Fsp3) is 0.300. The van der Waals surface area contributed by atoms with E-state index in [1.54, 1.807) is 6.07 Å². The second-order valence-electron chi connectivity index (χ2n) is 7.40. The summed E-state index contributed by atoms with van der Waals surface area (Å²) in [7, 11) is 2.16. The zero-order chi connectivity index (χ0) is 19.3. The summed E-state index contributed by atoms with van der Waals surface area (Å²) < 4.78 is 13.9. The van der Waals surface area contributed by atoms with E-state index in [9.17, 15) is 4.39 Å². The summed E-state index contributed by atoms with van der Waals surface area (Å²) >= 11 is 5.86. The molecule has 144 valence electrons. The Labute approximate surface area is 166 Å². The van der Waals surface area contributed by atoms with Crippen molar-refractivity contribution in [3.8, 4) is 11.5 Å². The van der Waals surface area contributed by atoms with Crippen LogP contribution in [0.4, 0.5) is 4.39 Å². The maximum Gasteiger partial charge on any atom is 0.159 e. The number of nitrogens with zero attached hydrogens (tertiary/aromatic N) is 4. The van der Waals surface area contributed by atoms with Crippen molar-refractivity contribution in [2.75, 3.05) is 33.2 Å². The van der Waals surface area contributed by atoms with Crippen molar-refractivity contribution in [2.45, 2.75) is 6.54 Å². The van der Waals surface area contributed by atoms with Gasteiger partial charge in [0.05, 0.1) is 21.6 Å². The maximum atomic E-state index is 13.9. The Kier molecular flexibility index (Phi) is 4.30. The highest BCUT2D eigenvalue weighted by molar-refractivity contribution is 6.31. The molecule has 0 spiro atoms. The van der Waals surface area contributed by atoms with Gasteiger partial charge in [0.2, 0.25) is 0 Å². The number of hydrogen-bond acceptors (Lipinski definition) is 4. The Morgan fingerprint density at radius 2 is 1.93 bits per heavy atom. The van der Waals surface area contributed by atoms with Crippen LogP contribution in [-0.4, -0.2) is 63.2 Å². The molecule has 8 heteroatoms. The van der Waals surface area contributed by atoms with Gasteiger partial charge in [0.1, 0.15) is 11.5 Å². The summed E-state index contributed by atoms with van der Waals surface area (Å²) in [4.78, 5) is 12.8. The van der Waals surface area contributed by atoms with E-state index in [4.69, 9.17) is 11.6 Å². The molecule has 0 unspecified atom stereocenters. The van der Waals surface area contributed by atoms with Gasteiger partial charge >= 0.3 is 0 Å². The minimum absolute atomic E-state index is 0.0702. The Bertz CT molecular complexity index is 1160. The van der Waals surface area contributed by atoms with Gasteiger partial charge in [-0.3, -0.25) is 10.00 Å². The van der Waals surface area contributed by atoms with E-state index in [2.05, 4.69) is 49.1 Å². The quantitative estimate of drug-likeness (QED) is 0.553. The fourth-order valence-electron chi connectivity index (χ4n) is 3.72. The molecular weight excluding hydrogens is 379 g/mol. The minimum Gasteiger partial charge on any atom is -0.337 e. The summed E-state index contributed by atoms with van der Waals surface area (Å²) in [5.41, 5.74) is 4.33. The molecular formula is C20H20ClFN6. The number of likely N-dealkylation sites (N-methyl/N-ethyl adjacent to an activating group) is 1. The summed E-state index contributed by atoms with van der Waals surface area (Å²) in [5, 5.41) is 7.93. The van der Waals surface area contributed by atoms with E-state index in [-0.39, 0.29) is 5.02 Å². The first-order chi connectivity index (χ1) is 13.6. The lowest BCUT2D eigenvalue weighted by atomic mass is 10.1. The second-order valence-corrected chi connectivity index (χ2v) is 7.81. The topological polar surface area (TPSA) is 63.8 Å². The van der Waals surface area contributed by atoms with Gasteiger partial charge in [-0.2, -0.15) is 5.10 Å². The van der Waals surface area contributed by atoms with Crippen molar-refractivity contribution in [1.82, 2.24) is 30.0 Å². The first-order valence-corrected chi connectivity index (χ1v) is 9.67. The fourth-order valence-corrected chi connectivity index (χ4v) is 3.89. The van der Waals surface area contributed by atoms with E-state index < -0.39 is 5.82 Å². The van der Waals surface area contributed by atoms with Crippen LogP contribution in [0, 0.1) is 5.82 Å². The number of hydrogen-bond donors (Lipinski definition) is 2. The molecule has 2 aromatic heterocycles. The molecule has 0 saturated carbocycles. The lowest BCUT2D eigenvalue weighted by Crippen LogP contribution is -2.43. The molecule has 1 aliphatic rings. The van der Waals surface area contributed by atoms with Gasteiger partial charge in [-0.05, 0) is 36.9 Å². The number of H-pyrrole nitrogens is 2. The van der Waals surface area contributed by atoms with Crippen molar-refractivity contribution in [1.29, 1.82) is 0 Å². The van der Waals surface area contributed by atoms with Crippen LogP contribution >= 0.6 is 11.6 Å². The van der Waals surface area contributed by atoms with E-state index >= 15 is 0 Å².